The van der Waals surface area contributed by atoms with Gasteiger partial charge in [-0.1, -0.05) is 12.1 Å². The van der Waals surface area contributed by atoms with Gasteiger partial charge in [-0.3, -0.25) is 9.20 Å². The molecule has 0 aliphatic carbocycles. The quantitative estimate of drug-likeness (QED) is 0.798. The van der Waals surface area contributed by atoms with Crippen LogP contribution in [-0.2, 0) is 0 Å². The summed E-state index contributed by atoms with van der Waals surface area (Å²) >= 11 is 0. The highest BCUT2D eigenvalue weighted by Crippen LogP contribution is 2.26. The molecule has 0 aliphatic rings. The summed E-state index contributed by atoms with van der Waals surface area (Å²) < 4.78 is 41.9. The first-order chi connectivity index (χ1) is 11.4. The van der Waals surface area contributed by atoms with Crippen molar-refractivity contribution in [3.8, 4) is 16.9 Å². The third-order valence-corrected chi connectivity index (χ3v) is 3.25. The first-order valence-corrected chi connectivity index (χ1v) is 6.80. The summed E-state index contributed by atoms with van der Waals surface area (Å²) in [7, 11) is 1.48. The number of alkyl halides is 3. The van der Waals surface area contributed by atoms with E-state index in [0.717, 1.165) is 0 Å². The molecule has 6 nitrogen and oxygen atoms in total. The number of ether oxygens (including phenoxy) is 1. The Morgan fingerprint density at radius 3 is 2.38 bits per heavy atom. The Hall–Kier alpha value is -3.10. The van der Waals surface area contributed by atoms with Gasteiger partial charge >= 0.3 is 6.36 Å². The highest BCUT2D eigenvalue weighted by molar-refractivity contribution is 5.91. The number of hydrogen-bond acceptors (Lipinski definition) is 4. The molecule has 9 heteroatoms. The summed E-state index contributed by atoms with van der Waals surface area (Å²) in [6.07, 6.45) is -3.09. The van der Waals surface area contributed by atoms with Crippen LogP contribution in [0.3, 0.4) is 0 Å². The molecule has 0 atom stereocenters. The fourth-order valence-corrected chi connectivity index (χ4v) is 2.18. The number of benzene rings is 1. The number of carbonyl (C=O) groups excluding carboxylic acids is 1. The minimum atomic E-state index is -4.73. The number of hydrogen-bond donors (Lipinski definition) is 1. The maximum Gasteiger partial charge on any atom is 0.573 e. The number of halogens is 3. The van der Waals surface area contributed by atoms with Gasteiger partial charge in [-0.15, -0.1) is 23.4 Å². The first kappa shape index (κ1) is 15.8. The number of carbonyl (C=O) groups is 1. The number of pyridine rings is 1. The van der Waals surface area contributed by atoms with Crippen molar-refractivity contribution in [3.63, 3.8) is 0 Å². The zero-order valence-corrected chi connectivity index (χ0v) is 12.3. The van der Waals surface area contributed by atoms with Crippen LogP contribution in [0, 0.1) is 0 Å². The largest absolute Gasteiger partial charge is 0.573 e. The maximum absolute atomic E-state index is 12.2. The Morgan fingerprint density at radius 1 is 1.08 bits per heavy atom. The molecule has 2 aromatic heterocycles. The van der Waals surface area contributed by atoms with Gasteiger partial charge in [-0.25, -0.2) is 0 Å². The molecule has 24 heavy (non-hydrogen) atoms. The summed E-state index contributed by atoms with van der Waals surface area (Å²) in [6, 6.07) is 8.82. The van der Waals surface area contributed by atoms with Crippen LogP contribution in [0.25, 0.3) is 16.8 Å². The minimum Gasteiger partial charge on any atom is -0.406 e. The van der Waals surface area contributed by atoms with Crippen molar-refractivity contribution in [1.82, 2.24) is 19.9 Å². The van der Waals surface area contributed by atoms with Gasteiger partial charge in [0.25, 0.3) is 5.91 Å². The van der Waals surface area contributed by atoms with Crippen LogP contribution >= 0.6 is 0 Å². The third-order valence-electron chi connectivity index (χ3n) is 3.25. The lowest BCUT2D eigenvalue weighted by Crippen LogP contribution is -2.20. The molecule has 0 aliphatic heterocycles. The molecule has 1 amide bonds. The van der Waals surface area contributed by atoms with Gasteiger partial charge in [-0.2, -0.15) is 0 Å². The Kier molecular flexibility index (Phi) is 3.84. The topological polar surface area (TPSA) is 68.5 Å². The van der Waals surface area contributed by atoms with Gasteiger partial charge in [0, 0.05) is 13.2 Å². The van der Waals surface area contributed by atoms with Crippen LogP contribution in [0.4, 0.5) is 13.2 Å². The van der Waals surface area contributed by atoms with E-state index in [1.807, 2.05) is 0 Å². The molecule has 0 bridgehead atoms. The van der Waals surface area contributed by atoms with E-state index in [1.165, 1.54) is 35.7 Å². The normalized spacial score (nSPS) is 11.5. The lowest BCUT2D eigenvalue weighted by molar-refractivity contribution is -0.274. The second-order valence-corrected chi connectivity index (χ2v) is 4.82. The zero-order chi connectivity index (χ0) is 17.3. The van der Waals surface area contributed by atoms with Gasteiger partial charge in [0.15, 0.2) is 5.65 Å². The van der Waals surface area contributed by atoms with Gasteiger partial charge in [0.2, 0.25) is 5.82 Å². The first-order valence-electron chi connectivity index (χ1n) is 6.80. The number of nitrogens with one attached hydrogen (secondary N) is 1. The molecule has 0 saturated heterocycles. The van der Waals surface area contributed by atoms with Gasteiger partial charge in [-0.05, 0) is 35.4 Å². The van der Waals surface area contributed by atoms with Gasteiger partial charge < -0.3 is 10.1 Å². The van der Waals surface area contributed by atoms with Crippen molar-refractivity contribution >= 4 is 11.6 Å². The van der Waals surface area contributed by atoms with Crippen LogP contribution in [0.2, 0.25) is 0 Å². The molecule has 1 aromatic carbocycles. The molecule has 3 aromatic rings. The summed E-state index contributed by atoms with van der Waals surface area (Å²) in [6.45, 7) is 0. The lowest BCUT2D eigenvalue weighted by Gasteiger charge is -2.09. The SMILES string of the molecule is CNC(=O)c1nnc2ccc(-c3ccc(OC(F)(F)F)cc3)cn12. The van der Waals surface area contributed by atoms with E-state index in [0.29, 0.717) is 16.8 Å². The van der Waals surface area contributed by atoms with E-state index in [-0.39, 0.29) is 11.6 Å². The summed E-state index contributed by atoms with van der Waals surface area (Å²) in [5.41, 5.74) is 1.82. The van der Waals surface area contributed by atoms with Crippen molar-refractivity contribution in [2.75, 3.05) is 7.05 Å². The molecular formula is C15H11F3N4O2. The van der Waals surface area contributed by atoms with Gasteiger partial charge in [0.1, 0.15) is 5.75 Å². The smallest absolute Gasteiger partial charge is 0.406 e. The summed E-state index contributed by atoms with van der Waals surface area (Å²) in [5, 5.41) is 10.2. The number of amides is 1. The lowest BCUT2D eigenvalue weighted by atomic mass is 10.1. The molecular weight excluding hydrogens is 325 g/mol. The van der Waals surface area contributed by atoms with Crippen LogP contribution in [-0.4, -0.2) is 33.9 Å². The van der Waals surface area contributed by atoms with Crippen LogP contribution in [0.5, 0.6) is 5.75 Å². The molecule has 3 rings (SSSR count). The zero-order valence-electron chi connectivity index (χ0n) is 12.3. The molecule has 0 saturated carbocycles. The summed E-state index contributed by atoms with van der Waals surface area (Å²) in [5.74, 6) is -0.581. The second-order valence-electron chi connectivity index (χ2n) is 4.82. The van der Waals surface area contributed by atoms with Crippen LogP contribution < -0.4 is 10.1 Å². The van der Waals surface area contributed by atoms with Crippen LogP contribution in [0.15, 0.2) is 42.6 Å². The van der Waals surface area contributed by atoms with E-state index in [2.05, 4.69) is 20.3 Å². The van der Waals surface area contributed by atoms with E-state index in [1.54, 1.807) is 18.3 Å². The Balaban J connectivity index is 1.96. The second kappa shape index (κ2) is 5.84. The van der Waals surface area contributed by atoms with E-state index >= 15 is 0 Å². The van der Waals surface area contributed by atoms with Crippen molar-refractivity contribution in [3.05, 3.63) is 48.4 Å². The average Bonchev–Trinajstić information content (AvgIpc) is 2.96. The molecule has 124 valence electrons. The average molecular weight is 336 g/mol. The third kappa shape index (κ3) is 3.14. The predicted molar refractivity (Wildman–Crippen MR) is 78.5 cm³/mol. The standard InChI is InChI=1S/C15H11F3N4O2/c1-19-14(23)13-21-20-12-7-4-10(8-22(12)13)9-2-5-11(6-3-9)24-15(16,17)18/h2-8H,1H3,(H,19,23). The summed E-state index contributed by atoms with van der Waals surface area (Å²) in [4.78, 5) is 11.8. The van der Waals surface area contributed by atoms with E-state index in [9.17, 15) is 18.0 Å². The number of rotatable bonds is 3. The fraction of sp³-hybridized carbons (Fsp3) is 0.133. The van der Waals surface area contributed by atoms with Crippen molar-refractivity contribution < 1.29 is 22.7 Å². The molecule has 0 unspecified atom stereocenters. The molecule has 0 radical (unpaired) electrons. The number of aromatic nitrogens is 3. The maximum atomic E-state index is 12.2. The Labute approximate surface area is 133 Å². The van der Waals surface area contributed by atoms with Crippen molar-refractivity contribution in [2.24, 2.45) is 0 Å². The van der Waals surface area contributed by atoms with E-state index < -0.39 is 12.3 Å². The number of fused-ring (bicyclic) bond motifs is 1. The van der Waals surface area contributed by atoms with Crippen molar-refractivity contribution in [2.45, 2.75) is 6.36 Å². The minimum absolute atomic E-state index is 0.117. The molecule has 0 fully saturated rings. The van der Waals surface area contributed by atoms with Crippen molar-refractivity contribution in [1.29, 1.82) is 0 Å². The Morgan fingerprint density at radius 2 is 1.75 bits per heavy atom. The predicted octanol–water partition coefficient (Wildman–Crippen LogP) is 2.65. The highest BCUT2D eigenvalue weighted by Gasteiger charge is 2.30. The van der Waals surface area contributed by atoms with E-state index in [4.69, 9.17) is 0 Å². The molecule has 0 spiro atoms. The molecule has 1 N–H and O–H groups in total. The Bertz CT molecular complexity index is 888. The molecule has 2 heterocycles. The highest BCUT2D eigenvalue weighted by atomic mass is 19.4. The number of nitrogens with zero attached hydrogens (tertiary/aromatic N) is 3. The fourth-order valence-electron chi connectivity index (χ4n) is 2.18. The van der Waals surface area contributed by atoms with Gasteiger partial charge in [0.05, 0.1) is 0 Å². The monoisotopic (exact) mass is 336 g/mol. The van der Waals surface area contributed by atoms with Crippen LogP contribution in [0.1, 0.15) is 10.6 Å².